The van der Waals surface area contributed by atoms with Crippen molar-refractivity contribution in [3.63, 3.8) is 0 Å². The fraction of sp³-hybridized carbons (Fsp3) is 0.389. The van der Waals surface area contributed by atoms with Crippen molar-refractivity contribution in [2.45, 2.75) is 32.1 Å². The van der Waals surface area contributed by atoms with E-state index in [2.05, 4.69) is 10.3 Å². The summed E-state index contributed by atoms with van der Waals surface area (Å²) in [7, 11) is 3.15. The highest BCUT2D eigenvalue weighted by Gasteiger charge is 2.09. The summed E-state index contributed by atoms with van der Waals surface area (Å²) in [6.45, 7) is 0. The number of carbonyl (C=O) groups is 2. The van der Waals surface area contributed by atoms with Crippen molar-refractivity contribution in [3.8, 4) is 17.1 Å². The largest absolute Gasteiger partial charge is 0.497 e. The summed E-state index contributed by atoms with van der Waals surface area (Å²) in [6.07, 6.45) is 4.24. The number of unbranched alkanes of at least 4 members (excludes halogenated alkanes) is 1. The number of hydrogen-bond acceptors (Lipinski definition) is 5. The van der Waals surface area contributed by atoms with Gasteiger partial charge >= 0.3 is 0 Å². The summed E-state index contributed by atoms with van der Waals surface area (Å²) in [5.41, 5.74) is 0.940. The lowest BCUT2D eigenvalue weighted by molar-refractivity contribution is -0.127. The molecule has 0 bridgehead atoms. The predicted octanol–water partition coefficient (Wildman–Crippen LogP) is 2.77. The second-order valence-electron chi connectivity index (χ2n) is 5.44. The molecule has 0 aliphatic heterocycles. The summed E-state index contributed by atoms with van der Waals surface area (Å²) in [4.78, 5) is 26.9. The number of benzene rings is 1. The molecule has 0 saturated heterocycles. The van der Waals surface area contributed by atoms with Crippen molar-refractivity contribution < 1.29 is 18.7 Å². The van der Waals surface area contributed by atoms with Gasteiger partial charge in [0.05, 0.1) is 19.7 Å². The predicted molar refractivity (Wildman–Crippen MR) is 89.7 cm³/mol. The number of rotatable bonds is 9. The van der Waals surface area contributed by atoms with Crippen LogP contribution >= 0.6 is 0 Å². The average molecular weight is 330 g/mol. The highest BCUT2D eigenvalue weighted by atomic mass is 16.5. The van der Waals surface area contributed by atoms with E-state index in [1.807, 2.05) is 24.3 Å². The maximum Gasteiger partial charge on any atom is 0.227 e. The third-order valence-corrected chi connectivity index (χ3v) is 3.66. The molecule has 1 heterocycles. The second kappa shape index (κ2) is 8.86. The quantitative estimate of drug-likeness (QED) is 0.565. The van der Waals surface area contributed by atoms with Crippen molar-refractivity contribution in [1.82, 2.24) is 10.3 Å². The number of aryl methyl sites for hydroxylation is 1. The van der Waals surface area contributed by atoms with Gasteiger partial charge in [-0.1, -0.05) is 0 Å². The Morgan fingerprint density at radius 2 is 1.96 bits per heavy atom. The topological polar surface area (TPSA) is 81.4 Å². The van der Waals surface area contributed by atoms with E-state index in [1.54, 1.807) is 13.3 Å². The van der Waals surface area contributed by atoms with E-state index in [1.165, 1.54) is 7.05 Å². The lowest BCUT2D eigenvalue weighted by atomic mass is 10.1. The van der Waals surface area contributed by atoms with Crippen LogP contribution in [0.1, 0.15) is 31.6 Å². The molecule has 24 heavy (non-hydrogen) atoms. The van der Waals surface area contributed by atoms with Crippen LogP contribution in [0.25, 0.3) is 11.3 Å². The molecule has 1 aromatic heterocycles. The molecule has 6 nitrogen and oxygen atoms in total. The van der Waals surface area contributed by atoms with Gasteiger partial charge in [0.25, 0.3) is 0 Å². The van der Waals surface area contributed by atoms with Gasteiger partial charge in [-0.15, -0.1) is 0 Å². The number of oxazole rings is 1. The van der Waals surface area contributed by atoms with Gasteiger partial charge in [0, 0.05) is 25.5 Å². The van der Waals surface area contributed by atoms with Crippen molar-refractivity contribution in [2.75, 3.05) is 14.2 Å². The van der Waals surface area contributed by atoms with Crippen LogP contribution in [0.2, 0.25) is 0 Å². The molecule has 0 spiro atoms. The number of aromatic nitrogens is 1. The van der Waals surface area contributed by atoms with Crippen LogP contribution in [0, 0.1) is 0 Å². The van der Waals surface area contributed by atoms with Crippen molar-refractivity contribution in [1.29, 1.82) is 0 Å². The molecule has 1 aromatic carbocycles. The lowest BCUT2D eigenvalue weighted by Crippen LogP contribution is -2.21. The first-order valence-corrected chi connectivity index (χ1v) is 7.93. The standard InChI is InChI=1S/C18H22N2O4/c1-19-17(22)11-14(21)5-3-4-6-18-20-12-16(24-18)13-7-9-15(23-2)10-8-13/h7-10,12H,3-6,11H2,1-2H3,(H,19,22). The SMILES string of the molecule is CNC(=O)CC(=O)CCCCc1ncc(-c2ccc(OC)cc2)o1. The Labute approximate surface area is 141 Å². The summed E-state index contributed by atoms with van der Waals surface area (Å²) >= 11 is 0. The molecule has 0 aliphatic rings. The van der Waals surface area contributed by atoms with Crippen molar-refractivity contribution in [2.24, 2.45) is 0 Å². The summed E-state index contributed by atoms with van der Waals surface area (Å²) < 4.78 is 10.9. The van der Waals surface area contributed by atoms with Crippen LogP contribution in [-0.4, -0.2) is 30.8 Å². The summed E-state index contributed by atoms with van der Waals surface area (Å²) in [5, 5.41) is 2.44. The molecule has 1 N–H and O–H groups in total. The van der Waals surface area contributed by atoms with Crippen LogP contribution in [0.15, 0.2) is 34.9 Å². The van der Waals surface area contributed by atoms with Crippen molar-refractivity contribution in [3.05, 3.63) is 36.4 Å². The Morgan fingerprint density at radius 3 is 2.62 bits per heavy atom. The zero-order valence-electron chi connectivity index (χ0n) is 14.0. The minimum absolute atomic E-state index is 0.0410. The summed E-state index contributed by atoms with van der Waals surface area (Å²) in [6, 6.07) is 7.58. The Bertz CT molecular complexity index is 677. The van der Waals surface area contributed by atoms with Gasteiger partial charge in [-0.25, -0.2) is 4.98 Å². The van der Waals surface area contributed by atoms with Crippen LogP contribution < -0.4 is 10.1 Å². The molecule has 6 heteroatoms. The number of nitrogens with zero attached hydrogens (tertiary/aromatic N) is 1. The Morgan fingerprint density at radius 1 is 1.21 bits per heavy atom. The molecule has 0 aliphatic carbocycles. The number of ether oxygens (including phenoxy) is 1. The first kappa shape index (κ1) is 17.7. The van der Waals surface area contributed by atoms with Gasteiger partial charge in [-0.05, 0) is 37.1 Å². The fourth-order valence-electron chi connectivity index (χ4n) is 2.27. The highest BCUT2D eigenvalue weighted by molar-refractivity contribution is 5.97. The van der Waals surface area contributed by atoms with Gasteiger partial charge in [0.1, 0.15) is 11.5 Å². The molecule has 0 saturated carbocycles. The van der Waals surface area contributed by atoms with Crippen molar-refractivity contribution >= 4 is 11.7 Å². The number of Topliss-reactive ketones (excluding diaryl/α,β-unsaturated/α-hetero) is 1. The van der Waals surface area contributed by atoms with E-state index in [0.717, 1.165) is 24.2 Å². The van der Waals surface area contributed by atoms with Crippen LogP contribution in [-0.2, 0) is 16.0 Å². The van der Waals surface area contributed by atoms with E-state index in [4.69, 9.17) is 9.15 Å². The van der Waals surface area contributed by atoms with E-state index in [0.29, 0.717) is 24.5 Å². The van der Waals surface area contributed by atoms with E-state index in [9.17, 15) is 9.59 Å². The Balaban J connectivity index is 1.77. The van der Waals surface area contributed by atoms with Crippen LogP contribution in [0.5, 0.6) is 5.75 Å². The fourth-order valence-corrected chi connectivity index (χ4v) is 2.27. The van der Waals surface area contributed by atoms with Gasteiger partial charge in [0.15, 0.2) is 11.7 Å². The maximum absolute atomic E-state index is 11.6. The number of carbonyl (C=O) groups excluding carboxylic acids is 2. The lowest BCUT2D eigenvalue weighted by Gasteiger charge is -2.01. The number of amides is 1. The first-order valence-electron chi connectivity index (χ1n) is 7.93. The Hall–Kier alpha value is -2.63. The van der Waals surface area contributed by atoms with E-state index >= 15 is 0 Å². The zero-order valence-corrected chi connectivity index (χ0v) is 14.0. The monoisotopic (exact) mass is 330 g/mol. The first-order chi connectivity index (χ1) is 11.6. The molecule has 0 unspecified atom stereocenters. The molecule has 128 valence electrons. The highest BCUT2D eigenvalue weighted by Crippen LogP contribution is 2.23. The molecule has 2 aromatic rings. The normalized spacial score (nSPS) is 10.4. The smallest absolute Gasteiger partial charge is 0.227 e. The van der Waals surface area contributed by atoms with E-state index < -0.39 is 0 Å². The molecular weight excluding hydrogens is 308 g/mol. The van der Waals surface area contributed by atoms with E-state index in [-0.39, 0.29) is 18.1 Å². The number of methoxy groups -OCH3 is 1. The minimum Gasteiger partial charge on any atom is -0.497 e. The minimum atomic E-state index is -0.239. The molecular formula is C18H22N2O4. The Kier molecular flexibility index (Phi) is 6.54. The van der Waals surface area contributed by atoms with Gasteiger partial charge in [-0.2, -0.15) is 0 Å². The zero-order chi connectivity index (χ0) is 17.4. The molecule has 0 fully saturated rings. The van der Waals surface area contributed by atoms with Crippen LogP contribution in [0.3, 0.4) is 0 Å². The maximum atomic E-state index is 11.6. The number of hydrogen-bond donors (Lipinski definition) is 1. The molecule has 1 amide bonds. The number of nitrogens with one attached hydrogen (secondary N) is 1. The summed E-state index contributed by atoms with van der Waals surface area (Å²) in [5.74, 6) is 1.88. The van der Waals surface area contributed by atoms with Gasteiger partial charge < -0.3 is 14.5 Å². The van der Waals surface area contributed by atoms with Gasteiger partial charge in [0.2, 0.25) is 5.91 Å². The molecule has 0 atom stereocenters. The molecule has 0 radical (unpaired) electrons. The van der Waals surface area contributed by atoms with Gasteiger partial charge in [-0.3, -0.25) is 9.59 Å². The second-order valence-corrected chi connectivity index (χ2v) is 5.44. The average Bonchev–Trinajstić information content (AvgIpc) is 3.07. The van der Waals surface area contributed by atoms with Crippen LogP contribution in [0.4, 0.5) is 0 Å². The third-order valence-electron chi connectivity index (χ3n) is 3.66. The molecule has 2 rings (SSSR count). The third kappa shape index (κ3) is 5.22. The number of ketones is 1.